The third-order valence-electron chi connectivity index (χ3n) is 2.55. The van der Waals surface area contributed by atoms with Crippen LogP contribution in [-0.4, -0.2) is 35.2 Å². The summed E-state index contributed by atoms with van der Waals surface area (Å²) in [5.41, 5.74) is 5.97. The maximum absolute atomic E-state index is 5.69. The summed E-state index contributed by atoms with van der Waals surface area (Å²) in [5.74, 6) is 0.105. The fourth-order valence-electron chi connectivity index (χ4n) is 1.44. The molecule has 0 heterocycles. The van der Waals surface area contributed by atoms with E-state index in [1.807, 2.05) is 13.8 Å². The van der Waals surface area contributed by atoms with Crippen LogP contribution in [-0.2, 0) is 9.47 Å². The van der Waals surface area contributed by atoms with Crippen molar-refractivity contribution in [3.8, 4) is 0 Å². The van der Waals surface area contributed by atoms with E-state index in [2.05, 4.69) is 13.8 Å². The van der Waals surface area contributed by atoms with Gasteiger partial charge >= 0.3 is 0 Å². The molecule has 0 aromatic heterocycles. The van der Waals surface area contributed by atoms with Gasteiger partial charge in [0.2, 0.25) is 0 Å². The Morgan fingerprint density at radius 1 is 1.20 bits per heavy atom. The van der Waals surface area contributed by atoms with Gasteiger partial charge in [-0.25, -0.2) is 0 Å². The SMILES string of the molecule is CCOC(OCC)[SiH2]CCC(C)(C)CN. The fraction of sp³-hybridized carbons (Fsp3) is 1.00. The van der Waals surface area contributed by atoms with Crippen molar-refractivity contribution in [2.45, 2.75) is 46.1 Å². The highest BCUT2D eigenvalue weighted by Crippen LogP contribution is 2.20. The molecule has 0 saturated heterocycles. The summed E-state index contributed by atoms with van der Waals surface area (Å²) < 4.78 is 11.1. The summed E-state index contributed by atoms with van der Waals surface area (Å²) in [5, 5.41) is 0. The number of ether oxygens (including phenoxy) is 2. The molecule has 0 saturated carbocycles. The maximum atomic E-state index is 5.69. The van der Waals surface area contributed by atoms with Crippen molar-refractivity contribution < 1.29 is 9.47 Å². The van der Waals surface area contributed by atoms with Gasteiger partial charge in [-0.05, 0) is 32.2 Å². The van der Waals surface area contributed by atoms with Crippen LogP contribution in [0.1, 0.15) is 34.1 Å². The first-order valence-corrected chi connectivity index (χ1v) is 7.80. The van der Waals surface area contributed by atoms with Crippen LogP contribution in [0.2, 0.25) is 6.04 Å². The van der Waals surface area contributed by atoms with E-state index in [0.29, 0.717) is 0 Å². The van der Waals surface area contributed by atoms with Crippen LogP contribution in [0, 0.1) is 5.41 Å². The Bertz CT molecular complexity index is 148. The van der Waals surface area contributed by atoms with Gasteiger partial charge in [0.1, 0.15) is 5.91 Å². The van der Waals surface area contributed by atoms with Gasteiger partial charge in [-0.2, -0.15) is 0 Å². The van der Waals surface area contributed by atoms with Crippen molar-refractivity contribution in [3.05, 3.63) is 0 Å². The molecule has 0 aromatic carbocycles. The summed E-state index contributed by atoms with van der Waals surface area (Å²) >= 11 is 0. The molecular weight excluding hydrogens is 206 g/mol. The van der Waals surface area contributed by atoms with Crippen LogP contribution in [0.3, 0.4) is 0 Å². The highest BCUT2D eigenvalue weighted by atomic mass is 28.2. The number of hydrogen-bond acceptors (Lipinski definition) is 3. The Morgan fingerprint density at radius 3 is 2.13 bits per heavy atom. The van der Waals surface area contributed by atoms with E-state index in [0.717, 1.165) is 19.8 Å². The highest BCUT2D eigenvalue weighted by molar-refractivity contribution is 6.36. The van der Waals surface area contributed by atoms with E-state index in [9.17, 15) is 0 Å². The van der Waals surface area contributed by atoms with Gasteiger partial charge in [-0.1, -0.05) is 19.9 Å². The first-order chi connectivity index (χ1) is 7.05. The van der Waals surface area contributed by atoms with E-state index >= 15 is 0 Å². The molecule has 0 amide bonds. The molecule has 0 spiro atoms. The predicted molar refractivity (Wildman–Crippen MR) is 67.8 cm³/mol. The van der Waals surface area contributed by atoms with Crippen LogP contribution >= 0.6 is 0 Å². The first kappa shape index (κ1) is 15.1. The Hall–Kier alpha value is 0.0969. The largest absolute Gasteiger partial charge is 0.357 e. The normalized spacial score (nSPS) is 13.2. The molecule has 2 N–H and O–H groups in total. The van der Waals surface area contributed by atoms with Gasteiger partial charge < -0.3 is 15.2 Å². The van der Waals surface area contributed by atoms with Crippen molar-refractivity contribution in [2.24, 2.45) is 11.1 Å². The molecule has 0 rings (SSSR count). The zero-order valence-electron chi connectivity index (χ0n) is 10.7. The Kier molecular flexibility index (Phi) is 8.33. The van der Waals surface area contributed by atoms with Gasteiger partial charge in [0.15, 0.2) is 0 Å². The second-order valence-corrected chi connectivity index (χ2v) is 6.55. The van der Waals surface area contributed by atoms with Crippen molar-refractivity contribution in [3.63, 3.8) is 0 Å². The zero-order chi connectivity index (χ0) is 11.7. The standard InChI is InChI=1S/C11H27NO2Si/c1-5-13-10(14-6-2)15-8-7-11(3,4)9-12/h10H,5-9,12,15H2,1-4H3. The quantitative estimate of drug-likeness (QED) is 0.482. The van der Waals surface area contributed by atoms with Gasteiger partial charge in [0.25, 0.3) is 0 Å². The molecule has 3 nitrogen and oxygen atoms in total. The van der Waals surface area contributed by atoms with Crippen molar-refractivity contribution in [1.29, 1.82) is 0 Å². The second-order valence-electron chi connectivity index (χ2n) is 4.60. The molecule has 0 aliphatic rings. The van der Waals surface area contributed by atoms with Crippen LogP contribution in [0.25, 0.3) is 0 Å². The molecule has 0 atom stereocenters. The van der Waals surface area contributed by atoms with E-state index in [-0.39, 0.29) is 20.8 Å². The molecule has 15 heavy (non-hydrogen) atoms. The lowest BCUT2D eigenvalue weighted by molar-refractivity contribution is -0.0828. The molecule has 0 aliphatic heterocycles. The molecule has 4 heteroatoms. The van der Waals surface area contributed by atoms with Crippen LogP contribution < -0.4 is 5.73 Å². The molecule has 0 unspecified atom stereocenters. The third kappa shape index (κ3) is 7.96. The summed E-state index contributed by atoms with van der Waals surface area (Å²) in [6.07, 6.45) is 1.19. The molecule has 0 bridgehead atoms. The molecule has 0 fully saturated rings. The minimum absolute atomic E-state index is 0.105. The first-order valence-electron chi connectivity index (χ1n) is 5.99. The smallest absolute Gasteiger partial charge is 0.134 e. The van der Waals surface area contributed by atoms with E-state index in [1.54, 1.807) is 0 Å². The summed E-state index contributed by atoms with van der Waals surface area (Å²) in [7, 11) is -0.286. The van der Waals surface area contributed by atoms with Gasteiger partial charge in [0, 0.05) is 13.2 Å². The van der Waals surface area contributed by atoms with Crippen molar-refractivity contribution in [1.82, 2.24) is 0 Å². The topological polar surface area (TPSA) is 44.5 Å². The summed E-state index contributed by atoms with van der Waals surface area (Å²) in [6.45, 7) is 10.7. The molecule has 0 radical (unpaired) electrons. The van der Waals surface area contributed by atoms with E-state index < -0.39 is 0 Å². The minimum atomic E-state index is -0.286. The Labute approximate surface area is 96.5 Å². The number of nitrogens with two attached hydrogens (primary N) is 1. The number of hydrogen-bond donors (Lipinski definition) is 1. The lowest BCUT2D eigenvalue weighted by Crippen LogP contribution is -2.28. The van der Waals surface area contributed by atoms with Gasteiger partial charge in [-0.15, -0.1) is 0 Å². The third-order valence-corrected chi connectivity index (χ3v) is 4.26. The average molecular weight is 233 g/mol. The summed E-state index contributed by atoms with van der Waals surface area (Å²) in [6, 6.07) is 1.24. The molecule has 0 aliphatic carbocycles. The van der Waals surface area contributed by atoms with Crippen molar-refractivity contribution >= 4 is 9.52 Å². The van der Waals surface area contributed by atoms with Gasteiger partial charge in [0.05, 0.1) is 9.52 Å². The summed E-state index contributed by atoms with van der Waals surface area (Å²) in [4.78, 5) is 0. The zero-order valence-corrected chi connectivity index (χ0v) is 12.1. The number of rotatable bonds is 9. The average Bonchev–Trinajstić information content (AvgIpc) is 2.18. The lowest BCUT2D eigenvalue weighted by atomic mass is 9.91. The minimum Gasteiger partial charge on any atom is -0.357 e. The Balaban J connectivity index is 3.69. The Morgan fingerprint density at radius 2 is 1.73 bits per heavy atom. The molecule has 0 aromatic rings. The molecule has 92 valence electrons. The molecular formula is C11H27NO2Si. The second kappa shape index (κ2) is 8.27. The van der Waals surface area contributed by atoms with Crippen LogP contribution in [0.15, 0.2) is 0 Å². The van der Waals surface area contributed by atoms with Gasteiger partial charge in [-0.3, -0.25) is 0 Å². The monoisotopic (exact) mass is 233 g/mol. The van der Waals surface area contributed by atoms with E-state index in [1.165, 1.54) is 12.5 Å². The predicted octanol–water partition coefficient (Wildman–Crippen LogP) is 1.31. The van der Waals surface area contributed by atoms with E-state index in [4.69, 9.17) is 15.2 Å². The maximum Gasteiger partial charge on any atom is 0.134 e. The fourth-order valence-corrected chi connectivity index (χ4v) is 3.74. The highest BCUT2D eigenvalue weighted by Gasteiger charge is 2.17. The van der Waals surface area contributed by atoms with Crippen molar-refractivity contribution in [2.75, 3.05) is 19.8 Å². The van der Waals surface area contributed by atoms with Crippen LogP contribution in [0.4, 0.5) is 0 Å². The van der Waals surface area contributed by atoms with Crippen LogP contribution in [0.5, 0.6) is 0 Å². The lowest BCUT2D eigenvalue weighted by Gasteiger charge is -2.23.